The van der Waals surface area contributed by atoms with Crippen molar-refractivity contribution in [2.24, 2.45) is 0 Å². The van der Waals surface area contributed by atoms with Gasteiger partial charge in [-0.25, -0.2) is 0 Å². The summed E-state index contributed by atoms with van der Waals surface area (Å²) in [4.78, 5) is 2.41. The van der Waals surface area contributed by atoms with Crippen LogP contribution in [-0.4, -0.2) is 0 Å². The van der Waals surface area contributed by atoms with Crippen LogP contribution in [0.15, 0.2) is 188 Å². The Bertz CT molecular complexity index is 3110. The molecule has 260 valence electrons. The van der Waals surface area contributed by atoms with E-state index in [4.69, 9.17) is 0 Å². The third-order valence-corrected chi connectivity index (χ3v) is 13.0. The topological polar surface area (TPSA) is 3.24 Å². The van der Waals surface area contributed by atoms with Crippen LogP contribution >= 0.6 is 11.3 Å². The summed E-state index contributed by atoms with van der Waals surface area (Å²) in [5.41, 5.74) is 13.7. The smallest absolute Gasteiger partial charge is 0.0468 e. The third kappa shape index (κ3) is 5.06. The van der Waals surface area contributed by atoms with Crippen LogP contribution in [0.2, 0.25) is 0 Å². The molecule has 0 saturated heterocycles. The van der Waals surface area contributed by atoms with E-state index in [1.54, 1.807) is 0 Å². The van der Waals surface area contributed by atoms with E-state index in [0.717, 1.165) is 17.1 Å². The van der Waals surface area contributed by atoms with E-state index >= 15 is 0 Å². The summed E-state index contributed by atoms with van der Waals surface area (Å²) in [6.45, 7) is 4.69. The van der Waals surface area contributed by atoms with Gasteiger partial charge in [-0.1, -0.05) is 147 Å². The van der Waals surface area contributed by atoms with Crippen molar-refractivity contribution in [1.29, 1.82) is 0 Å². The van der Waals surface area contributed by atoms with E-state index in [1.165, 1.54) is 86.2 Å². The molecule has 0 radical (unpaired) electrons. The van der Waals surface area contributed by atoms with E-state index in [9.17, 15) is 0 Å². The molecule has 0 bridgehead atoms. The molecule has 0 fully saturated rings. The van der Waals surface area contributed by atoms with Crippen LogP contribution in [0, 0.1) is 0 Å². The second kappa shape index (κ2) is 12.3. The lowest BCUT2D eigenvalue weighted by atomic mass is 9.82. The van der Waals surface area contributed by atoms with Gasteiger partial charge in [0, 0.05) is 42.6 Å². The van der Waals surface area contributed by atoms with E-state index < -0.39 is 0 Å². The first-order valence-electron chi connectivity index (χ1n) is 19.1. The minimum Gasteiger partial charge on any atom is -0.310 e. The molecular formula is C53H37NS. The van der Waals surface area contributed by atoms with Crippen molar-refractivity contribution in [1.82, 2.24) is 0 Å². The average molecular weight is 720 g/mol. The zero-order valence-electron chi connectivity index (χ0n) is 30.8. The summed E-state index contributed by atoms with van der Waals surface area (Å²) in [7, 11) is 0. The van der Waals surface area contributed by atoms with E-state index in [0.29, 0.717) is 0 Å². The second-order valence-corrected chi connectivity index (χ2v) is 16.4. The van der Waals surface area contributed by atoms with Crippen LogP contribution in [0.4, 0.5) is 17.1 Å². The van der Waals surface area contributed by atoms with Crippen molar-refractivity contribution in [3.05, 3.63) is 199 Å². The molecule has 0 amide bonds. The Labute approximate surface area is 325 Å². The average Bonchev–Trinajstić information content (AvgIpc) is 3.73. The first kappa shape index (κ1) is 32.0. The Balaban J connectivity index is 1.03. The molecule has 0 spiro atoms. The lowest BCUT2D eigenvalue weighted by Crippen LogP contribution is -2.15. The minimum absolute atomic E-state index is 0.0439. The number of benzene rings is 9. The van der Waals surface area contributed by atoms with Crippen LogP contribution in [0.1, 0.15) is 25.0 Å². The number of thiophene rings is 1. The fourth-order valence-corrected chi connectivity index (χ4v) is 10.2. The molecule has 1 aliphatic rings. The van der Waals surface area contributed by atoms with Gasteiger partial charge in [-0.15, -0.1) is 11.3 Å². The summed E-state index contributed by atoms with van der Waals surface area (Å²) in [5, 5.41) is 7.80. The third-order valence-electron chi connectivity index (χ3n) is 11.9. The standard InChI is InChI=1S/C53H37NS/c1-53(2)48-16-7-5-13-44(48)47-33-41(29-30-49(47)53)54(40-27-22-36(23-28-40)43-15-9-11-35-10-3-4-12-42(35)43)39-25-20-34(21-26-39)38-19-18-37-24-31-51-52(46(37)32-38)45-14-6-8-17-50(45)55-51/h3-33H,1-2H3. The summed E-state index contributed by atoms with van der Waals surface area (Å²) < 4.78 is 2.67. The maximum absolute atomic E-state index is 2.41. The highest BCUT2D eigenvalue weighted by molar-refractivity contribution is 7.26. The van der Waals surface area contributed by atoms with Gasteiger partial charge >= 0.3 is 0 Å². The maximum atomic E-state index is 2.41. The van der Waals surface area contributed by atoms with Crippen LogP contribution in [0.3, 0.4) is 0 Å². The van der Waals surface area contributed by atoms with Crippen LogP contribution in [-0.2, 0) is 5.41 Å². The van der Waals surface area contributed by atoms with E-state index in [1.807, 2.05) is 11.3 Å². The summed E-state index contributed by atoms with van der Waals surface area (Å²) in [6, 6.07) is 69.6. The zero-order valence-corrected chi connectivity index (χ0v) is 31.6. The van der Waals surface area contributed by atoms with Gasteiger partial charge in [0.25, 0.3) is 0 Å². The Morgan fingerprint density at radius 2 is 0.982 bits per heavy atom. The molecule has 0 saturated carbocycles. The Hall–Kier alpha value is -6.48. The molecule has 0 aliphatic heterocycles. The molecule has 1 aromatic heterocycles. The molecule has 1 aliphatic carbocycles. The molecule has 0 atom stereocenters. The van der Waals surface area contributed by atoms with Gasteiger partial charge in [0.15, 0.2) is 0 Å². The lowest BCUT2D eigenvalue weighted by Gasteiger charge is -2.27. The Morgan fingerprint density at radius 3 is 1.82 bits per heavy atom. The zero-order chi connectivity index (χ0) is 36.7. The number of nitrogens with zero attached hydrogens (tertiary/aromatic N) is 1. The van der Waals surface area contributed by atoms with Crippen molar-refractivity contribution >= 4 is 70.1 Å². The van der Waals surface area contributed by atoms with Crippen molar-refractivity contribution in [2.45, 2.75) is 19.3 Å². The highest BCUT2D eigenvalue weighted by atomic mass is 32.1. The normalized spacial score (nSPS) is 13.1. The van der Waals surface area contributed by atoms with Crippen molar-refractivity contribution in [3.63, 3.8) is 0 Å². The molecule has 9 aromatic carbocycles. The fraction of sp³-hybridized carbons (Fsp3) is 0.0566. The number of fused-ring (bicyclic) bond motifs is 9. The highest BCUT2D eigenvalue weighted by Crippen LogP contribution is 2.51. The molecule has 0 unspecified atom stereocenters. The molecule has 10 aromatic rings. The number of anilines is 3. The van der Waals surface area contributed by atoms with E-state index in [2.05, 4.69) is 207 Å². The van der Waals surface area contributed by atoms with Gasteiger partial charge in [-0.05, 0) is 121 Å². The van der Waals surface area contributed by atoms with E-state index in [-0.39, 0.29) is 5.41 Å². The fourth-order valence-electron chi connectivity index (χ4n) is 9.09. The number of hydrogen-bond donors (Lipinski definition) is 0. The minimum atomic E-state index is -0.0439. The molecular weight excluding hydrogens is 683 g/mol. The Kier molecular flexibility index (Phi) is 7.14. The molecule has 0 N–H and O–H groups in total. The monoisotopic (exact) mass is 719 g/mol. The highest BCUT2D eigenvalue weighted by Gasteiger charge is 2.35. The van der Waals surface area contributed by atoms with Gasteiger partial charge in [-0.3, -0.25) is 0 Å². The first-order valence-corrected chi connectivity index (χ1v) is 19.9. The molecule has 1 nitrogen and oxygen atoms in total. The van der Waals surface area contributed by atoms with Gasteiger partial charge in [0.05, 0.1) is 0 Å². The van der Waals surface area contributed by atoms with Crippen LogP contribution in [0.5, 0.6) is 0 Å². The second-order valence-electron chi connectivity index (χ2n) is 15.3. The number of hydrogen-bond acceptors (Lipinski definition) is 2. The van der Waals surface area contributed by atoms with Gasteiger partial charge in [0.1, 0.15) is 0 Å². The summed E-state index contributed by atoms with van der Waals surface area (Å²) >= 11 is 1.88. The predicted molar refractivity (Wildman–Crippen MR) is 237 cm³/mol. The molecule has 1 heterocycles. The molecule has 11 rings (SSSR count). The van der Waals surface area contributed by atoms with Crippen LogP contribution < -0.4 is 4.90 Å². The largest absolute Gasteiger partial charge is 0.310 e. The first-order chi connectivity index (χ1) is 27.0. The summed E-state index contributed by atoms with van der Waals surface area (Å²) in [6.07, 6.45) is 0. The lowest BCUT2D eigenvalue weighted by molar-refractivity contribution is 0.660. The maximum Gasteiger partial charge on any atom is 0.0468 e. The van der Waals surface area contributed by atoms with Crippen LogP contribution in [0.25, 0.3) is 75.1 Å². The van der Waals surface area contributed by atoms with Gasteiger partial charge in [0.2, 0.25) is 0 Å². The van der Waals surface area contributed by atoms with Gasteiger partial charge < -0.3 is 4.90 Å². The molecule has 55 heavy (non-hydrogen) atoms. The van der Waals surface area contributed by atoms with Crippen molar-refractivity contribution < 1.29 is 0 Å². The Morgan fingerprint density at radius 1 is 0.382 bits per heavy atom. The summed E-state index contributed by atoms with van der Waals surface area (Å²) in [5.74, 6) is 0. The van der Waals surface area contributed by atoms with Crippen molar-refractivity contribution in [2.75, 3.05) is 4.90 Å². The van der Waals surface area contributed by atoms with Crippen molar-refractivity contribution in [3.8, 4) is 33.4 Å². The quantitative estimate of drug-likeness (QED) is 0.171. The predicted octanol–water partition coefficient (Wildman–Crippen LogP) is 15.5. The van der Waals surface area contributed by atoms with Gasteiger partial charge in [-0.2, -0.15) is 0 Å². The number of rotatable bonds is 5. The molecule has 2 heteroatoms. The SMILES string of the molecule is CC1(C)c2ccccc2-c2cc(N(c3ccc(-c4ccc5ccc6sc7ccccc7c6c5c4)cc3)c3ccc(-c4cccc5ccccc45)cc3)ccc21.